The average molecular weight is 692 g/mol. The molecule has 0 amide bonds. The molecule has 0 atom stereocenters. The minimum absolute atomic E-state index is 0.912. The number of hydrogen-bond acceptors (Lipinski definition) is 2. The molecule has 4 aromatic heterocycles. The van der Waals surface area contributed by atoms with E-state index in [0.717, 1.165) is 33.4 Å². The van der Waals surface area contributed by atoms with E-state index in [1.807, 2.05) is 11.3 Å². The van der Waals surface area contributed by atoms with Crippen LogP contribution in [0.1, 0.15) is 0 Å². The van der Waals surface area contributed by atoms with E-state index in [0.29, 0.717) is 0 Å². The predicted molar refractivity (Wildman–Crippen MR) is 226 cm³/mol. The first-order valence-electron chi connectivity index (χ1n) is 18.1. The first-order chi connectivity index (χ1) is 26.3. The van der Waals surface area contributed by atoms with Crippen molar-refractivity contribution in [2.24, 2.45) is 0 Å². The molecule has 0 radical (unpaired) electrons. The Morgan fingerprint density at radius 2 is 1.13 bits per heavy atom. The number of thiophene rings is 1. The highest BCUT2D eigenvalue weighted by atomic mass is 32.1. The molecule has 12 rings (SSSR count). The number of benzene rings is 8. The SMILES string of the molecule is c1ccc(-c2cc(-n3c4cc5c(cc4c4c6sc7ccc8ccccc8c7c6ccc43)c3ccccc3n5-c3ccccc3)nc3ccccc23)cc1. The Bertz CT molecular complexity index is 3440. The Balaban J connectivity index is 1.29. The zero-order chi connectivity index (χ0) is 34.6. The zero-order valence-electron chi connectivity index (χ0n) is 28.5. The molecule has 0 saturated heterocycles. The van der Waals surface area contributed by atoms with Crippen LogP contribution < -0.4 is 0 Å². The Morgan fingerprint density at radius 1 is 0.415 bits per heavy atom. The van der Waals surface area contributed by atoms with Gasteiger partial charge >= 0.3 is 0 Å². The summed E-state index contributed by atoms with van der Waals surface area (Å²) >= 11 is 1.90. The summed E-state index contributed by atoms with van der Waals surface area (Å²) in [5, 5.41) is 11.4. The number of aromatic nitrogens is 3. The van der Waals surface area contributed by atoms with Crippen molar-refractivity contribution >= 4 is 96.8 Å². The second-order valence-electron chi connectivity index (χ2n) is 13.9. The maximum atomic E-state index is 5.43. The second-order valence-corrected chi connectivity index (χ2v) is 15.0. The summed E-state index contributed by atoms with van der Waals surface area (Å²) in [4.78, 5) is 5.43. The van der Waals surface area contributed by atoms with E-state index in [9.17, 15) is 0 Å². The Hall–Kier alpha value is -6.75. The lowest BCUT2D eigenvalue weighted by Crippen LogP contribution is -2.00. The zero-order valence-corrected chi connectivity index (χ0v) is 29.3. The Morgan fingerprint density at radius 3 is 2.00 bits per heavy atom. The minimum atomic E-state index is 0.912. The van der Waals surface area contributed by atoms with Crippen LogP contribution in [0.4, 0.5) is 0 Å². The molecule has 0 aliphatic rings. The van der Waals surface area contributed by atoms with Gasteiger partial charge in [0.15, 0.2) is 0 Å². The summed E-state index contributed by atoms with van der Waals surface area (Å²) in [6.45, 7) is 0. The van der Waals surface area contributed by atoms with Gasteiger partial charge in [0.25, 0.3) is 0 Å². The summed E-state index contributed by atoms with van der Waals surface area (Å²) in [5.74, 6) is 0.912. The van der Waals surface area contributed by atoms with E-state index in [4.69, 9.17) is 4.98 Å². The third-order valence-corrected chi connectivity index (χ3v) is 12.3. The fourth-order valence-corrected chi connectivity index (χ4v) is 10.1. The third kappa shape index (κ3) is 4.07. The van der Waals surface area contributed by atoms with Gasteiger partial charge in [-0.25, -0.2) is 4.98 Å². The quantitative estimate of drug-likeness (QED) is 0.181. The molecule has 3 nitrogen and oxygen atoms in total. The molecule has 0 unspecified atom stereocenters. The summed E-state index contributed by atoms with van der Waals surface area (Å²) in [5.41, 5.74) is 9.16. The van der Waals surface area contributed by atoms with Gasteiger partial charge in [0.05, 0.1) is 27.6 Å². The van der Waals surface area contributed by atoms with Gasteiger partial charge in [0.2, 0.25) is 0 Å². The fourth-order valence-electron chi connectivity index (χ4n) is 8.80. The van der Waals surface area contributed by atoms with Crippen molar-refractivity contribution in [1.82, 2.24) is 14.1 Å². The van der Waals surface area contributed by atoms with Crippen LogP contribution in [-0.2, 0) is 0 Å². The third-order valence-electron chi connectivity index (χ3n) is 11.1. The highest BCUT2D eigenvalue weighted by Gasteiger charge is 2.23. The van der Waals surface area contributed by atoms with Crippen molar-refractivity contribution in [3.05, 3.63) is 176 Å². The molecule has 0 bridgehead atoms. The van der Waals surface area contributed by atoms with Crippen molar-refractivity contribution in [3.63, 3.8) is 0 Å². The number of hydrogen-bond donors (Lipinski definition) is 0. The molecule has 0 spiro atoms. The molecular formula is C49H29N3S. The number of rotatable bonds is 3. The lowest BCUT2D eigenvalue weighted by atomic mass is 10.0. The maximum Gasteiger partial charge on any atom is 0.138 e. The fraction of sp³-hybridized carbons (Fsp3) is 0. The van der Waals surface area contributed by atoms with E-state index in [1.165, 1.54) is 74.6 Å². The van der Waals surface area contributed by atoms with E-state index in [1.54, 1.807) is 0 Å². The first-order valence-corrected chi connectivity index (χ1v) is 18.9. The number of fused-ring (bicyclic) bond motifs is 13. The second kappa shape index (κ2) is 10.9. The van der Waals surface area contributed by atoms with E-state index < -0.39 is 0 Å². The largest absolute Gasteiger partial charge is 0.309 e. The van der Waals surface area contributed by atoms with Crippen LogP contribution in [0.5, 0.6) is 0 Å². The normalized spacial score (nSPS) is 12.2. The first kappa shape index (κ1) is 28.9. The predicted octanol–water partition coefficient (Wildman–Crippen LogP) is 13.6. The van der Waals surface area contributed by atoms with Gasteiger partial charge in [-0.1, -0.05) is 121 Å². The van der Waals surface area contributed by atoms with E-state index >= 15 is 0 Å². The molecule has 0 fully saturated rings. The average Bonchev–Trinajstić information content (AvgIpc) is 3.87. The lowest BCUT2D eigenvalue weighted by Gasteiger charge is -2.13. The molecule has 8 aromatic carbocycles. The van der Waals surface area contributed by atoms with Crippen molar-refractivity contribution in [3.8, 4) is 22.6 Å². The number of pyridine rings is 1. The van der Waals surface area contributed by atoms with Crippen LogP contribution in [0.25, 0.3) is 108 Å². The minimum Gasteiger partial charge on any atom is -0.309 e. The van der Waals surface area contributed by atoms with Gasteiger partial charge in [-0.15, -0.1) is 11.3 Å². The van der Waals surface area contributed by atoms with Gasteiger partial charge in [0, 0.05) is 52.8 Å². The molecule has 4 heteroatoms. The summed E-state index contributed by atoms with van der Waals surface area (Å²) in [7, 11) is 0. The van der Waals surface area contributed by atoms with Gasteiger partial charge in [-0.2, -0.15) is 0 Å². The smallest absolute Gasteiger partial charge is 0.138 e. The Labute approximate surface area is 308 Å². The lowest BCUT2D eigenvalue weighted by molar-refractivity contribution is 1.10. The van der Waals surface area contributed by atoms with Gasteiger partial charge in [-0.05, 0) is 76.5 Å². The topological polar surface area (TPSA) is 22.8 Å². The maximum absolute atomic E-state index is 5.43. The summed E-state index contributed by atoms with van der Waals surface area (Å²) < 4.78 is 7.45. The molecule has 0 aliphatic heterocycles. The van der Waals surface area contributed by atoms with E-state index in [2.05, 4.69) is 185 Å². The van der Waals surface area contributed by atoms with Crippen LogP contribution in [0.2, 0.25) is 0 Å². The van der Waals surface area contributed by atoms with Gasteiger partial charge in [-0.3, -0.25) is 4.57 Å². The van der Waals surface area contributed by atoms with Crippen molar-refractivity contribution in [2.45, 2.75) is 0 Å². The van der Waals surface area contributed by atoms with E-state index in [-0.39, 0.29) is 0 Å². The molecule has 0 aliphatic carbocycles. The van der Waals surface area contributed by atoms with Gasteiger partial charge in [0.1, 0.15) is 5.82 Å². The van der Waals surface area contributed by atoms with Crippen LogP contribution in [0, 0.1) is 0 Å². The molecule has 0 N–H and O–H groups in total. The van der Waals surface area contributed by atoms with Crippen molar-refractivity contribution in [2.75, 3.05) is 0 Å². The monoisotopic (exact) mass is 691 g/mol. The molecule has 4 heterocycles. The van der Waals surface area contributed by atoms with Gasteiger partial charge < -0.3 is 4.57 Å². The highest BCUT2D eigenvalue weighted by Crippen LogP contribution is 2.47. The molecule has 53 heavy (non-hydrogen) atoms. The number of nitrogens with zero attached hydrogens (tertiary/aromatic N) is 3. The Kier molecular flexibility index (Phi) is 5.93. The van der Waals surface area contributed by atoms with Crippen LogP contribution in [-0.4, -0.2) is 14.1 Å². The molecule has 0 saturated carbocycles. The molecule has 246 valence electrons. The van der Waals surface area contributed by atoms with Crippen molar-refractivity contribution < 1.29 is 0 Å². The van der Waals surface area contributed by atoms with Crippen LogP contribution in [0.15, 0.2) is 176 Å². The standard InChI is InChI=1S/C49H29N3S/c1-3-13-30(14-4-1)37-28-46(50-40-21-11-9-19-34(37)40)52-42-25-24-36-47-33-18-8-7-15-31(33)23-26-45(47)53-49(36)48(42)39-27-38-35-20-10-12-22-41(35)51(43(38)29-44(39)52)32-16-5-2-6-17-32/h1-29H. The molecule has 12 aromatic rings. The number of para-hydroxylation sites is 3. The molecular weight excluding hydrogens is 663 g/mol. The highest BCUT2D eigenvalue weighted by molar-refractivity contribution is 7.27. The van der Waals surface area contributed by atoms with Crippen LogP contribution in [0.3, 0.4) is 0 Å². The summed E-state index contributed by atoms with van der Waals surface area (Å²) in [6.07, 6.45) is 0. The van der Waals surface area contributed by atoms with Crippen molar-refractivity contribution in [1.29, 1.82) is 0 Å². The van der Waals surface area contributed by atoms with Crippen LogP contribution >= 0.6 is 11.3 Å². The summed E-state index contributed by atoms with van der Waals surface area (Å²) in [6, 6.07) is 63.9.